The van der Waals surface area contributed by atoms with Crippen molar-refractivity contribution in [2.45, 2.75) is 32.3 Å². The summed E-state index contributed by atoms with van der Waals surface area (Å²) in [4.78, 5) is 0. The maximum Gasteiger partial charge on any atom is 0.0690 e. The lowest BCUT2D eigenvalue weighted by molar-refractivity contribution is 0.0603. The summed E-state index contributed by atoms with van der Waals surface area (Å²) in [6.45, 7) is 1.99. The summed E-state index contributed by atoms with van der Waals surface area (Å²) < 4.78 is 0. The highest BCUT2D eigenvalue weighted by molar-refractivity contribution is 5.11. The highest BCUT2D eigenvalue weighted by atomic mass is 16.3. The van der Waals surface area contributed by atoms with E-state index in [-0.39, 0.29) is 17.4 Å². The molecule has 2 nitrogen and oxygen atoms in total. The lowest BCUT2D eigenvalue weighted by Gasteiger charge is -2.30. The van der Waals surface area contributed by atoms with Crippen LogP contribution in [0.1, 0.15) is 26.2 Å². The number of fused-ring (bicyclic) bond motifs is 2. The van der Waals surface area contributed by atoms with Crippen LogP contribution in [0, 0.1) is 28.6 Å². The van der Waals surface area contributed by atoms with Crippen LogP contribution in [0.3, 0.4) is 0 Å². The predicted octanol–water partition coefficient (Wildman–Crippen LogP) is 1.31. The Morgan fingerprint density at radius 1 is 1.55 bits per heavy atom. The maximum absolute atomic E-state index is 9.53. The molecule has 2 bridgehead atoms. The van der Waals surface area contributed by atoms with Gasteiger partial charge in [0.2, 0.25) is 0 Å². The van der Waals surface area contributed by atoms with Crippen molar-refractivity contribution < 1.29 is 5.11 Å². The fourth-order valence-electron chi connectivity index (χ4n) is 2.85. The van der Waals surface area contributed by atoms with E-state index in [2.05, 4.69) is 6.07 Å². The largest absolute Gasteiger partial charge is 0.393 e. The molecule has 2 aliphatic carbocycles. The molecule has 0 aromatic carbocycles. The molecule has 2 rings (SSSR count). The number of hydrogen-bond acceptors (Lipinski definition) is 2. The molecule has 2 heteroatoms. The standard InChI is InChI=1S/C9H13NO/c1-9(5-10)4-6-2-7(9)8(11)3-6/h6-8,11H,2-4H2,1H3/t6-,7+,8+,9+/m1/s1. The molecular formula is C9H13NO. The predicted molar refractivity (Wildman–Crippen MR) is 40.6 cm³/mol. The zero-order chi connectivity index (χ0) is 8.06. The number of nitriles is 1. The van der Waals surface area contributed by atoms with Gasteiger partial charge in [0, 0.05) is 5.92 Å². The third kappa shape index (κ3) is 0.810. The van der Waals surface area contributed by atoms with Crippen molar-refractivity contribution >= 4 is 0 Å². The van der Waals surface area contributed by atoms with E-state index in [0.717, 1.165) is 19.3 Å². The third-order valence-electron chi connectivity index (χ3n) is 3.41. The maximum atomic E-state index is 9.53. The molecule has 0 aromatic rings. The molecule has 0 heterocycles. The molecule has 0 aromatic heterocycles. The molecule has 2 aliphatic rings. The second-order valence-corrected chi connectivity index (χ2v) is 4.24. The Kier molecular flexibility index (Phi) is 1.28. The number of aliphatic hydroxyl groups is 1. The number of hydrogen-bond donors (Lipinski definition) is 1. The van der Waals surface area contributed by atoms with Crippen LogP contribution in [-0.4, -0.2) is 11.2 Å². The summed E-state index contributed by atoms with van der Waals surface area (Å²) in [5.41, 5.74) is -0.220. The van der Waals surface area contributed by atoms with Crippen LogP contribution >= 0.6 is 0 Å². The number of rotatable bonds is 0. The van der Waals surface area contributed by atoms with Gasteiger partial charge >= 0.3 is 0 Å². The summed E-state index contributed by atoms with van der Waals surface area (Å²) in [5.74, 6) is 0.886. The van der Waals surface area contributed by atoms with Crippen LogP contribution in [0.5, 0.6) is 0 Å². The van der Waals surface area contributed by atoms with Gasteiger partial charge < -0.3 is 5.11 Å². The first-order chi connectivity index (χ1) is 5.15. The average molecular weight is 151 g/mol. The first-order valence-electron chi connectivity index (χ1n) is 4.25. The Hall–Kier alpha value is -0.550. The Bertz CT molecular complexity index is 220. The summed E-state index contributed by atoms with van der Waals surface area (Å²) in [5, 5.41) is 18.4. The zero-order valence-corrected chi connectivity index (χ0v) is 6.75. The van der Waals surface area contributed by atoms with Gasteiger partial charge in [0.1, 0.15) is 0 Å². The van der Waals surface area contributed by atoms with Gasteiger partial charge in [-0.1, -0.05) is 0 Å². The minimum absolute atomic E-state index is 0.196. The Morgan fingerprint density at radius 2 is 2.27 bits per heavy atom. The van der Waals surface area contributed by atoms with Crippen molar-refractivity contribution in [1.82, 2.24) is 0 Å². The number of aliphatic hydroxyl groups excluding tert-OH is 1. The monoisotopic (exact) mass is 151 g/mol. The van der Waals surface area contributed by atoms with Gasteiger partial charge in [0.25, 0.3) is 0 Å². The molecular weight excluding hydrogens is 138 g/mol. The van der Waals surface area contributed by atoms with Gasteiger partial charge in [-0.25, -0.2) is 0 Å². The third-order valence-corrected chi connectivity index (χ3v) is 3.41. The molecule has 0 unspecified atom stereocenters. The van der Waals surface area contributed by atoms with Crippen LogP contribution < -0.4 is 0 Å². The first kappa shape index (κ1) is 7.12. The highest BCUT2D eigenvalue weighted by Crippen LogP contribution is 2.55. The fourth-order valence-corrected chi connectivity index (χ4v) is 2.85. The van der Waals surface area contributed by atoms with Gasteiger partial charge in [-0.15, -0.1) is 0 Å². The smallest absolute Gasteiger partial charge is 0.0690 e. The molecule has 2 saturated carbocycles. The Labute approximate surface area is 66.8 Å². The fraction of sp³-hybridized carbons (Fsp3) is 0.889. The van der Waals surface area contributed by atoms with E-state index in [4.69, 9.17) is 5.26 Å². The molecule has 0 amide bonds. The van der Waals surface area contributed by atoms with E-state index in [1.807, 2.05) is 6.92 Å². The van der Waals surface area contributed by atoms with Gasteiger partial charge in [0.15, 0.2) is 0 Å². The van der Waals surface area contributed by atoms with E-state index in [1.165, 1.54) is 0 Å². The van der Waals surface area contributed by atoms with Crippen molar-refractivity contribution in [1.29, 1.82) is 5.26 Å². The second kappa shape index (κ2) is 1.98. The first-order valence-corrected chi connectivity index (χ1v) is 4.25. The molecule has 4 atom stereocenters. The van der Waals surface area contributed by atoms with Crippen molar-refractivity contribution in [3.05, 3.63) is 0 Å². The summed E-state index contributed by atoms with van der Waals surface area (Å²) in [7, 11) is 0. The van der Waals surface area contributed by atoms with Crippen LogP contribution in [-0.2, 0) is 0 Å². The van der Waals surface area contributed by atoms with E-state index in [1.54, 1.807) is 0 Å². The molecule has 1 N–H and O–H groups in total. The second-order valence-electron chi connectivity index (χ2n) is 4.24. The van der Waals surface area contributed by atoms with Gasteiger partial charge in [-0.05, 0) is 32.1 Å². The topological polar surface area (TPSA) is 44.0 Å². The van der Waals surface area contributed by atoms with E-state index in [0.29, 0.717) is 5.92 Å². The van der Waals surface area contributed by atoms with Crippen LogP contribution in [0.15, 0.2) is 0 Å². The van der Waals surface area contributed by atoms with E-state index in [9.17, 15) is 5.11 Å². The molecule has 0 radical (unpaired) electrons. The SMILES string of the molecule is C[C@@]1(C#N)C[C@H]2C[C@H](O)[C@@H]1C2. The van der Waals surface area contributed by atoms with Crippen molar-refractivity contribution in [3.8, 4) is 6.07 Å². The van der Waals surface area contributed by atoms with Crippen molar-refractivity contribution in [2.75, 3.05) is 0 Å². The lowest BCUT2D eigenvalue weighted by Crippen LogP contribution is -2.31. The molecule has 0 aliphatic heterocycles. The quantitative estimate of drug-likeness (QED) is 0.567. The van der Waals surface area contributed by atoms with Crippen molar-refractivity contribution in [2.24, 2.45) is 17.3 Å². The molecule has 60 valence electrons. The molecule has 0 spiro atoms. The van der Waals surface area contributed by atoms with Gasteiger partial charge in [-0.3, -0.25) is 0 Å². The number of nitrogens with zero attached hydrogens (tertiary/aromatic N) is 1. The molecule has 11 heavy (non-hydrogen) atoms. The van der Waals surface area contributed by atoms with Crippen LogP contribution in [0.2, 0.25) is 0 Å². The molecule has 0 saturated heterocycles. The van der Waals surface area contributed by atoms with E-state index >= 15 is 0 Å². The van der Waals surface area contributed by atoms with Crippen molar-refractivity contribution in [3.63, 3.8) is 0 Å². The summed E-state index contributed by atoms with van der Waals surface area (Å²) >= 11 is 0. The average Bonchev–Trinajstić information content (AvgIpc) is 2.44. The Morgan fingerprint density at radius 3 is 2.64 bits per heavy atom. The van der Waals surface area contributed by atoms with Gasteiger partial charge in [-0.2, -0.15) is 5.26 Å². The minimum Gasteiger partial charge on any atom is -0.393 e. The summed E-state index contributed by atoms with van der Waals surface area (Å²) in [6, 6.07) is 2.34. The molecule has 2 fully saturated rings. The zero-order valence-electron chi connectivity index (χ0n) is 6.75. The highest BCUT2D eigenvalue weighted by Gasteiger charge is 2.52. The summed E-state index contributed by atoms with van der Waals surface area (Å²) in [6.07, 6.45) is 2.82. The van der Waals surface area contributed by atoms with Gasteiger partial charge in [0.05, 0.1) is 17.6 Å². The lowest BCUT2D eigenvalue weighted by atomic mass is 9.75. The van der Waals surface area contributed by atoms with E-state index < -0.39 is 0 Å². The van der Waals surface area contributed by atoms with Crippen LogP contribution in [0.4, 0.5) is 0 Å². The normalized spacial score (nSPS) is 54.5. The Balaban J connectivity index is 2.26. The van der Waals surface area contributed by atoms with Crippen LogP contribution in [0.25, 0.3) is 0 Å². The minimum atomic E-state index is -0.220.